The topological polar surface area (TPSA) is 37.8 Å². The van der Waals surface area contributed by atoms with Crippen molar-refractivity contribution in [2.75, 3.05) is 13.1 Å². The second-order valence-corrected chi connectivity index (χ2v) is 5.34. The van der Waals surface area contributed by atoms with Gasteiger partial charge in [-0.05, 0) is 57.6 Å². The predicted molar refractivity (Wildman–Crippen MR) is 68.3 cm³/mol. The molecule has 2 heterocycles. The minimum absolute atomic E-state index is 0.537. The van der Waals surface area contributed by atoms with Gasteiger partial charge >= 0.3 is 0 Å². The fourth-order valence-electron chi connectivity index (χ4n) is 3.06. The van der Waals surface area contributed by atoms with Crippen molar-refractivity contribution < 1.29 is 0 Å². The summed E-state index contributed by atoms with van der Waals surface area (Å²) in [6.45, 7) is 4.37. The van der Waals surface area contributed by atoms with Crippen LogP contribution in [0.2, 0.25) is 0 Å². The third-order valence-corrected chi connectivity index (χ3v) is 4.07. The molecule has 0 radical (unpaired) electrons. The van der Waals surface area contributed by atoms with E-state index in [1.165, 1.54) is 49.1 Å². The number of fused-ring (bicyclic) bond motifs is 1. The normalized spacial score (nSPS) is 24.4. The van der Waals surface area contributed by atoms with Crippen molar-refractivity contribution in [3.05, 3.63) is 22.8 Å². The van der Waals surface area contributed by atoms with Crippen molar-refractivity contribution in [3.63, 3.8) is 0 Å². The van der Waals surface area contributed by atoms with Gasteiger partial charge in [-0.2, -0.15) is 0 Å². The molecule has 1 N–H and O–H groups in total. The highest BCUT2D eigenvalue weighted by atomic mass is 14.9. The Bertz CT molecular complexity index is 408. The number of hydrogen-bond acceptors (Lipinski definition) is 3. The molecule has 1 saturated heterocycles. The minimum Gasteiger partial charge on any atom is -0.316 e. The number of nitrogens with zero attached hydrogens (tertiary/aromatic N) is 2. The van der Waals surface area contributed by atoms with Crippen LogP contribution in [0.5, 0.6) is 0 Å². The molecule has 1 atom stereocenters. The molecule has 0 spiro atoms. The second-order valence-electron chi connectivity index (χ2n) is 5.34. The van der Waals surface area contributed by atoms with Gasteiger partial charge in [-0.3, -0.25) is 0 Å². The van der Waals surface area contributed by atoms with E-state index < -0.39 is 0 Å². The lowest BCUT2D eigenvalue weighted by molar-refractivity contribution is 0.443. The van der Waals surface area contributed by atoms with Gasteiger partial charge in [0.25, 0.3) is 0 Å². The third kappa shape index (κ3) is 2.21. The van der Waals surface area contributed by atoms with E-state index in [2.05, 4.69) is 12.2 Å². The third-order valence-electron chi connectivity index (χ3n) is 4.07. The predicted octanol–water partition coefficient (Wildman–Crippen LogP) is 2.13. The molecule has 92 valence electrons. The van der Waals surface area contributed by atoms with Crippen LogP contribution in [0.25, 0.3) is 0 Å². The molecule has 17 heavy (non-hydrogen) atoms. The van der Waals surface area contributed by atoms with Crippen LogP contribution in [-0.4, -0.2) is 23.1 Å². The summed E-state index contributed by atoms with van der Waals surface area (Å²) < 4.78 is 0. The van der Waals surface area contributed by atoms with Crippen molar-refractivity contribution >= 4 is 0 Å². The fourth-order valence-corrected chi connectivity index (χ4v) is 3.06. The average Bonchev–Trinajstić information content (AvgIpc) is 2.40. The zero-order valence-corrected chi connectivity index (χ0v) is 10.6. The number of hydrogen-bond donors (Lipinski definition) is 1. The molecule has 1 fully saturated rings. The van der Waals surface area contributed by atoms with Crippen LogP contribution < -0.4 is 5.32 Å². The molecule has 1 aromatic heterocycles. The van der Waals surface area contributed by atoms with Gasteiger partial charge < -0.3 is 5.32 Å². The van der Waals surface area contributed by atoms with Crippen LogP contribution >= 0.6 is 0 Å². The van der Waals surface area contributed by atoms with Crippen LogP contribution in [0.4, 0.5) is 0 Å². The molecule has 3 nitrogen and oxygen atoms in total. The highest BCUT2D eigenvalue weighted by Crippen LogP contribution is 2.26. The lowest BCUT2D eigenvalue weighted by atomic mass is 9.93. The van der Waals surface area contributed by atoms with Crippen LogP contribution in [0.3, 0.4) is 0 Å². The molecule has 1 aromatic rings. The van der Waals surface area contributed by atoms with E-state index in [9.17, 15) is 0 Å². The molecule has 3 rings (SSSR count). The monoisotopic (exact) mass is 231 g/mol. The molecule has 3 heteroatoms. The Morgan fingerprint density at radius 2 is 2.00 bits per heavy atom. The Morgan fingerprint density at radius 3 is 2.82 bits per heavy atom. The van der Waals surface area contributed by atoms with Crippen LogP contribution in [0, 0.1) is 6.92 Å². The highest BCUT2D eigenvalue weighted by Gasteiger charge is 2.21. The fraction of sp³-hybridized carbons (Fsp3) is 0.714. The lowest BCUT2D eigenvalue weighted by Gasteiger charge is -2.24. The number of rotatable bonds is 1. The van der Waals surface area contributed by atoms with E-state index in [-0.39, 0.29) is 0 Å². The molecule has 1 aliphatic heterocycles. The Kier molecular flexibility index (Phi) is 3.10. The van der Waals surface area contributed by atoms with Crippen molar-refractivity contribution in [1.29, 1.82) is 0 Å². The first-order chi connectivity index (χ1) is 8.34. The first-order valence-corrected chi connectivity index (χ1v) is 6.91. The molecule has 2 aliphatic rings. The summed E-state index contributed by atoms with van der Waals surface area (Å²) in [5.41, 5.74) is 4.00. The van der Waals surface area contributed by atoms with Crippen molar-refractivity contribution in [3.8, 4) is 0 Å². The van der Waals surface area contributed by atoms with Gasteiger partial charge in [0.2, 0.25) is 0 Å². The number of piperidine rings is 1. The lowest BCUT2D eigenvalue weighted by Crippen LogP contribution is -2.30. The smallest absolute Gasteiger partial charge is 0.133 e. The summed E-state index contributed by atoms with van der Waals surface area (Å²) in [7, 11) is 0. The largest absolute Gasteiger partial charge is 0.316 e. The Hall–Kier alpha value is -0.960. The van der Waals surface area contributed by atoms with E-state index in [0.717, 1.165) is 25.3 Å². The van der Waals surface area contributed by atoms with E-state index >= 15 is 0 Å². The van der Waals surface area contributed by atoms with E-state index in [1.54, 1.807) is 0 Å². The molecule has 1 aliphatic carbocycles. The maximum Gasteiger partial charge on any atom is 0.133 e. The first-order valence-electron chi connectivity index (χ1n) is 6.91. The van der Waals surface area contributed by atoms with Gasteiger partial charge in [-0.25, -0.2) is 9.97 Å². The standard InChI is InChI=1S/C14H21N3/c1-10-12-6-2-3-7-13(12)17-14(16-10)11-5-4-8-15-9-11/h11,15H,2-9H2,1H3. The SMILES string of the molecule is Cc1nc(C2CCCNC2)nc2c1CCCC2. The Balaban J connectivity index is 1.92. The molecule has 0 bridgehead atoms. The van der Waals surface area contributed by atoms with Gasteiger partial charge in [0.1, 0.15) is 5.82 Å². The summed E-state index contributed by atoms with van der Waals surface area (Å²) >= 11 is 0. The molecular weight excluding hydrogens is 210 g/mol. The average molecular weight is 231 g/mol. The Morgan fingerprint density at radius 1 is 1.12 bits per heavy atom. The zero-order valence-electron chi connectivity index (χ0n) is 10.6. The quantitative estimate of drug-likeness (QED) is 0.804. The van der Waals surface area contributed by atoms with E-state index in [0.29, 0.717) is 5.92 Å². The van der Waals surface area contributed by atoms with Crippen molar-refractivity contribution in [2.24, 2.45) is 0 Å². The highest BCUT2D eigenvalue weighted by molar-refractivity contribution is 5.28. The minimum atomic E-state index is 0.537. The Labute approximate surface area is 103 Å². The summed E-state index contributed by atoms with van der Waals surface area (Å²) in [5, 5.41) is 3.45. The molecule has 0 aromatic carbocycles. The van der Waals surface area contributed by atoms with Crippen molar-refractivity contribution in [1.82, 2.24) is 15.3 Å². The molecule has 1 unspecified atom stereocenters. The van der Waals surface area contributed by atoms with Gasteiger partial charge in [0, 0.05) is 23.9 Å². The molecule has 0 amide bonds. The van der Waals surface area contributed by atoms with Crippen molar-refractivity contribution in [2.45, 2.75) is 51.4 Å². The van der Waals surface area contributed by atoms with E-state index in [4.69, 9.17) is 9.97 Å². The molecule has 0 saturated carbocycles. The van der Waals surface area contributed by atoms with E-state index in [1.807, 2.05) is 0 Å². The van der Waals surface area contributed by atoms with Gasteiger partial charge in [0.05, 0.1) is 0 Å². The zero-order chi connectivity index (χ0) is 11.7. The van der Waals surface area contributed by atoms with Gasteiger partial charge in [0.15, 0.2) is 0 Å². The first kappa shape index (κ1) is 11.1. The summed E-state index contributed by atoms with van der Waals surface area (Å²) in [6.07, 6.45) is 7.44. The summed E-state index contributed by atoms with van der Waals surface area (Å²) in [4.78, 5) is 9.61. The molecular formula is C14H21N3. The maximum atomic E-state index is 4.85. The van der Waals surface area contributed by atoms with Crippen LogP contribution in [0.15, 0.2) is 0 Å². The van der Waals surface area contributed by atoms with Gasteiger partial charge in [-0.1, -0.05) is 0 Å². The van der Waals surface area contributed by atoms with Gasteiger partial charge in [-0.15, -0.1) is 0 Å². The number of aromatic nitrogens is 2. The second kappa shape index (κ2) is 4.73. The summed E-state index contributed by atoms with van der Waals surface area (Å²) in [5.74, 6) is 1.63. The number of aryl methyl sites for hydroxylation is 2. The number of nitrogens with one attached hydrogen (secondary N) is 1. The maximum absolute atomic E-state index is 4.85. The summed E-state index contributed by atoms with van der Waals surface area (Å²) in [6, 6.07) is 0. The van der Waals surface area contributed by atoms with Crippen LogP contribution in [-0.2, 0) is 12.8 Å². The van der Waals surface area contributed by atoms with Crippen LogP contribution in [0.1, 0.15) is 54.4 Å².